The first-order valence-electron chi connectivity index (χ1n) is 4.69. The Kier molecular flexibility index (Phi) is 2.73. The molecule has 1 aliphatic rings. The molecule has 0 spiro atoms. The first-order chi connectivity index (χ1) is 7.48. The molecular formula is C9H11NO5S. The Morgan fingerprint density at radius 2 is 2.25 bits per heavy atom. The van der Waals surface area contributed by atoms with Crippen molar-refractivity contribution in [3.05, 3.63) is 24.2 Å². The first-order valence-corrected chi connectivity index (χ1v) is 6.51. The summed E-state index contributed by atoms with van der Waals surface area (Å²) < 4.78 is 27.9. The molecule has 0 saturated carbocycles. The van der Waals surface area contributed by atoms with Crippen LogP contribution >= 0.6 is 0 Å². The molecule has 1 fully saturated rings. The molecule has 0 aromatic carbocycles. The Bertz CT molecular complexity index is 478. The fourth-order valence-electron chi connectivity index (χ4n) is 1.72. The van der Waals surface area contributed by atoms with E-state index in [9.17, 15) is 13.2 Å². The van der Waals surface area contributed by atoms with Crippen LogP contribution in [-0.2, 0) is 14.6 Å². The standard InChI is InChI=1S/C9H11NO5S/c11-9(12)8-5-16(13,14)4-7(10-8)6-1-2-15-3-6/h1-3,7-8,10H,4-5H2,(H,11,12). The summed E-state index contributed by atoms with van der Waals surface area (Å²) in [7, 11) is -3.34. The van der Waals surface area contributed by atoms with Crippen LogP contribution in [0.25, 0.3) is 0 Å². The van der Waals surface area contributed by atoms with Gasteiger partial charge in [-0.1, -0.05) is 0 Å². The van der Waals surface area contributed by atoms with Crippen molar-refractivity contribution in [3.8, 4) is 0 Å². The fourth-order valence-corrected chi connectivity index (χ4v) is 3.40. The van der Waals surface area contributed by atoms with Crippen molar-refractivity contribution in [3.63, 3.8) is 0 Å². The van der Waals surface area contributed by atoms with Crippen LogP contribution in [0.5, 0.6) is 0 Å². The molecule has 0 aliphatic carbocycles. The monoisotopic (exact) mass is 245 g/mol. The Balaban J connectivity index is 2.25. The SMILES string of the molecule is O=C(O)C1CS(=O)(=O)CC(c2ccoc2)N1. The van der Waals surface area contributed by atoms with E-state index in [0.29, 0.717) is 5.56 Å². The number of rotatable bonds is 2. The molecule has 2 atom stereocenters. The summed E-state index contributed by atoms with van der Waals surface area (Å²) >= 11 is 0. The predicted octanol–water partition coefficient (Wildman–Crippen LogP) is -0.208. The Morgan fingerprint density at radius 1 is 1.50 bits per heavy atom. The highest BCUT2D eigenvalue weighted by Gasteiger charge is 2.35. The van der Waals surface area contributed by atoms with Crippen molar-refractivity contribution >= 4 is 15.8 Å². The van der Waals surface area contributed by atoms with E-state index in [2.05, 4.69) is 5.32 Å². The Hall–Kier alpha value is -1.34. The van der Waals surface area contributed by atoms with Crippen molar-refractivity contribution in [1.82, 2.24) is 5.32 Å². The molecule has 2 unspecified atom stereocenters. The zero-order chi connectivity index (χ0) is 11.8. The van der Waals surface area contributed by atoms with Gasteiger partial charge in [-0.25, -0.2) is 8.42 Å². The quantitative estimate of drug-likeness (QED) is 0.748. The number of carboxylic acids is 1. The topological polar surface area (TPSA) is 96.6 Å². The molecule has 6 nitrogen and oxygen atoms in total. The van der Waals surface area contributed by atoms with Crippen molar-refractivity contribution in [2.24, 2.45) is 0 Å². The summed E-state index contributed by atoms with van der Waals surface area (Å²) in [6.07, 6.45) is 2.84. The van der Waals surface area contributed by atoms with Gasteiger partial charge in [0.25, 0.3) is 0 Å². The summed E-state index contributed by atoms with van der Waals surface area (Å²) in [6.45, 7) is 0. The van der Waals surface area contributed by atoms with Gasteiger partial charge in [-0.3, -0.25) is 10.1 Å². The number of sulfone groups is 1. The van der Waals surface area contributed by atoms with Gasteiger partial charge < -0.3 is 9.52 Å². The second-order valence-corrected chi connectivity index (χ2v) is 5.90. The largest absolute Gasteiger partial charge is 0.480 e. The van der Waals surface area contributed by atoms with Crippen molar-refractivity contribution in [2.75, 3.05) is 11.5 Å². The average molecular weight is 245 g/mol. The normalized spacial score (nSPS) is 28.8. The van der Waals surface area contributed by atoms with Gasteiger partial charge >= 0.3 is 5.97 Å². The van der Waals surface area contributed by atoms with Gasteiger partial charge in [0.05, 0.1) is 24.0 Å². The lowest BCUT2D eigenvalue weighted by molar-refractivity contribution is -0.139. The summed E-state index contributed by atoms with van der Waals surface area (Å²) in [5, 5.41) is 11.6. The Labute approximate surface area is 92.2 Å². The van der Waals surface area contributed by atoms with E-state index in [4.69, 9.17) is 9.52 Å². The number of furan rings is 1. The molecule has 16 heavy (non-hydrogen) atoms. The zero-order valence-corrected chi connectivity index (χ0v) is 9.11. The molecule has 2 N–H and O–H groups in total. The summed E-state index contributed by atoms with van der Waals surface area (Å²) in [5.41, 5.74) is 0.648. The lowest BCUT2D eigenvalue weighted by Gasteiger charge is -2.27. The number of hydrogen-bond acceptors (Lipinski definition) is 5. The minimum atomic E-state index is -3.34. The van der Waals surface area contributed by atoms with E-state index in [1.54, 1.807) is 6.07 Å². The smallest absolute Gasteiger partial charge is 0.321 e. The molecule has 2 rings (SSSR count). The van der Waals surface area contributed by atoms with Gasteiger partial charge in [-0.2, -0.15) is 0 Å². The van der Waals surface area contributed by atoms with Gasteiger partial charge in [0.15, 0.2) is 9.84 Å². The third-order valence-electron chi connectivity index (χ3n) is 2.49. The van der Waals surface area contributed by atoms with Crippen LogP contribution in [0.15, 0.2) is 23.0 Å². The van der Waals surface area contributed by atoms with Crippen molar-refractivity contribution in [2.45, 2.75) is 12.1 Å². The van der Waals surface area contributed by atoms with Crippen LogP contribution in [0.2, 0.25) is 0 Å². The van der Waals surface area contributed by atoms with Gasteiger partial charge in [0.1, 0.15) is 6.04 Å². The molecule has 1 saturated heterocycles. The summed E-state index contributed by atoms with van der Waals surface area (Å²) in [5.74, 6) is -1.62. The van der Waals surface area contributed by atoms with E-state index in [-0.39, 0.29) is 11.5 Å². The third-order valence-corrected chi connectivity index (χ3v) is 4.17. The zero-order valence-electron chi connectivity index (χ0n) is 8.29. The second kappa shape index (κ2) is 3.91. The Morgan fingerprint density at radius 3 is 2.81 bits per heavy atom. The third kappa shape index (κ3) is 2.25. The maximum Gasteiger partial charge on any atom is 0.321 e. The number of aliphatic carboxylic acids is 1. The molecule has 0 bridgehead atoms. The van der Waals surface area contributed by atoms with E-state index in [0.717, 1.165) is 0 Å². The number of hydrogen-bond donors (Lipinski definition) is 2. The minimum Gasteiger partial charge on any atom is -0.480 e. The fraction of sp³-hybridized carbons (Fsp3) is 0.444. The second-order valence-electron chi connectivity index (χ2n) is 3.74. The van der Waals surface area contributed by atoms with E-state index in [1.165, 1.54) is 12.5 Å². The maximum absolute atomic E-state index is 11.5. The van der Waals surface area contributed by atoms with Gasteiger partial charge in [-0.05, 0) is 6.07 Å². The molecule has 1 aliphatic heterocycles. The lowest BCUT2D eigenvalue weighted by atomic mass is 10.1. The van der Waals surface area contributed by atoms with Crippen LogP contribution in [0.1, 0.15) is 11.6 Å². The van der Waals surface area contributed by atoms with Crippen molar-refractivity contribution in [1.29, 1.82) is 0 Å². The summed E-state index contributed by atoms with van der Waals surface area (Å²) in [6, 6.07) is 0.0504. The molecule has 1 aromatic heterocycles. The lowest BCUT2D eigenvalue weighted by Crippen LogP contribution is -2.51. The van der Waals surface area contributed by atoms with E-state index in [1.807, 2.05) is 0 Å². The average Bonchev–Trinajstić information content (AvgIpc) is 2.67. The van der Waals surface area contributed by atoms with Crippen LogP contribution < -0.4 is 5.32 Å². The van der Waals surface area contributed by atoms with E-state index >= 15 is 0 Å². The highest BCUT2D eigenvalue weighted by molar-refractivity contribution is 7.91. The summed E-state index contributed by atoms with van der Waals surface area (Å²) in [4.78, 5) is 10.8. The van der Waals surface area contributed by atoms with Crippen LogP contribution in [-0.4, -0.2) is 37.0 Å². The molecule has 88 valence electrons. The minimum absolute atomic E-state index is 0.101. The molecular weight excluding hydrogens is 234 g/mol. The highest BCUT2D eigenvalue weighted by Crippen LogP contribution is 2.21. The van der Waals surface area contributed by atoms with Crippen LogP contribution in [0, 0.1) is 0 Å². The van der Waals surface area contributed by atoms with Gasteiger partial charge in [0.2, 0.25) is 0 Å². The molecule has 7 heteroatoms. The van der Waals surface area contributed by atoms with E-state index < -0.39 is 27.9 Å². The van der Waals surface area contributed by atoms with Crippen LogP contribution in [0.3, 0.4) is 0 Å². The maximum atomic E-state index is 11.5. The van der Waals surface area contributed by atoms with Crippen molar-refractivity contribution < 1.29 is 22.7 Å². The molecule has 1 aromatic rings. The predicted molar refractivity (Wildman–Crippen MR) is 54.7 cm³/mol. The molecule has 2 heterocycles. The molecule has 0 radical (unpaired) electrons. The van der Waals surface area contributed by atoms with Crippen LogP contribution in [0.4, 0.5) is 0 Å². The highest BCUT2D eigenvalue weighted by atomic mass is 32.2. The number of carboxylic acid groups (broad SMARTS) is 1. The molecule has 0 amide bonds. The number of carbonyl (C=O) groups is 1. The van der Waals surface area contributed by atoms with Gasteiger partial charge in [0, 0.05) is 11.6 Å². The van der Waals surface area contributed by atoms with Gasteiger partial charge in [-0.15, -0.1) is 0 Å². The number of nitrogens with one attached hydrogen (secondary N) is 1. The first kappa shape index (κ1) is 11.2.